The number of rotatable bonds is 3. The van der Waals surface area contributed by atoms with E-state index in [0.717, 1.165) is 21.8 Å². The van der Waals surface area contributed by atoms with Gasteiger partial charge in [-0.3, -0.25) is 9.78 Å². The van der Waals surface area contributed by atoms with Crippen molar-refractivity contribution in [2.75, 3.05) is 5.32 Å². The summed E-state index contributed by atoms with van der Waals surface area (Å²) in [5, 5.41) is 5.47. The van der Waals surface area contributed by atoms with Crippen molar-refractivity contribution in [1.29, 1.82) is 0 Å². The van der Waals surface area contributed by atoms with Crippen molar-refractivity contribution >= 4 is 51.1 Å². The van der Waals surface area contributed by atoms with Crippen LogP contribution in [0.1, 0.15) is 5.69 Å². The van der Waals surface area contributed by atoms with E-state index in [-0.39, 0.29) is 5.91 Å². The summed E-state index contributed by atoms with van der Waals surface area (Å²) in [6.07, 6.45) is 4.92. The van der Waals surface area contributed by atoms with Gasteiger partial charge in [-0.2, -0.15) is 0 Å². The highest BCUT2D eigenvalue weighted by molar-refractivity contribution is 6.33. The van der Waals surface area contributed by atoms with Gasteiger partial charge in [-0.05, 0) is 30.3 Å². The molecule has 25 heavy (non-hydrogen) atoms. The quantitative estimate of drug-likeness (QED) is 0.511. The molecule has 0 bridgehead atoms. The summed E-state index contributed by atoms with van der Waals surface area (Å²) < 4.78 is 0. The third-order valence-corrected chi connectivity index (χ3v) is 4.28. The minimum Gasteiger partial charge on any atom is -0.353 e. The number of hydrogen-bond donors (Lipinski definition) is 2. The average Bonchev–Trinajstić information content (AvgIpc) is 3.00. The van der Waals surface area contributed by atoms with Gasteiger partial charge in [0, 0.05) is 22.4 Å². The second-order valence-corrected chi connectivity index (χ2v) is 6.03. The molecule has 0 atom stereocenters. The molecule has 2 aromatic heterocycles. The lowest BCUT2D eigenvalue weighted by Crippen LogP contribution is -2.08. The molecule has 0 saturated carbocycles. The first-order chi connectivity index (χ1) is 12.2. The largest absolute Gasteiger partial charge is 0.353 e. The lowest BCUT2D eigenvalue weighted by Gasteiger charge is -2.03. The zero-order chi connectivity index (χ0) is 17.2. The third-order valence-electron chi connectivity index (χ3n) is 3.95. The summed E-state index contributed by atoms with van der Waals surface area (Å²) >= 11 is 6.04. The maximum Gasteiger partial charge on any atom is 0.248 e. The topological polar surface area (TPSA) is 57.8 Å². The van der Waals surface area contributed by atoms with Gasteiger partial charge in [-0.1, -0.05) is 41.9 Å². The predicted molar refractivity (Wildman–Crippen MR) is 103 cm³/mol. The highest BCUT2D eigenvalue weighted by Crippen LogP contribution is 2.25. The van der Waals surface area contributed by atoms with Gasteiger partial charge in [0.1, 0.15) is 0 Å². The Morgan fingerprint density at radius 3 is 2.72 bits per heavy atom. The molecular weight excluding hydrogens is 334 g/mol. The Balaban J connectivity index is 1.59. The lowest BCUT2D eigenvalue weighted by molar-refractivity contribution is -0.111. The van der Waals surface area contributed by atoms with Crippen LogP contribution < -0.4 is 5.32 Å². The molecule has 122 valence electrons. The van der Waals surface area contributed by atoms with Gasteiger partial charge in [0.05, 0.1) is 28.1 Å². The Kier molecular flexibility index (Phi) is 3.96. The molecule has 0 radical (unpaired) electrons. The number of amides is 1. The molecule has 0 fully saturated rings. The van der Waals surface area contributed by atoms with Crippen molar-refractivity contribution < 1.29 is 4.79 Å². The number of halogens is 1. The Hall–Kier alpha value is -3.11. The van der Waals surface area contributed by atoms with E-state index in [1.807, 2.05) is 36.4 Å². The maximum atomic E-state index is 12.1. The number of fused-ring (bicyclic) bond motifs is 3. The molecule has 0 spiro atoms. The van der Waals surface area contributed by atoms with Crippen molar-refractivity contribution in [1.82, 2.24) is 9.97 Å². The first kappa shape index (κ1) is 15.4. The van der Waals surface area contributed by atoms with Crippen LogP contribution in [0.2, 0.25) is 5.02 Å². The summed E-state index contributed by atoms with van der Waals surface area (Å²) in [5.74, 6) is -0.256. The second-order valence-electron chi connectivity index (χ2n) is 5.63. The van der Waals surface area contributed by atoms with E-state index in [1.54, 1.807) is 24.4 Å². The molecule has 4 rings (SSSR count). The number of nitrogens with one attached hydrogen (secondary N) is 2. The fraction of sp³-hybridized carbons (Fsp3) is 0. The number of carbonyl (C=O) groups is 1. The predicted octanol–water partition coefficient (Wildman–Crippen LogP) is 5.02. The zero-order valence-corrected chi connectivity index (χ0v) is 13.9. The fourth-order valence-electron chi connectivity index (χ4n) is 2.76. The highest BCUT2D eigenvalue weighted by Gasteiger charge is 2.05. The Labute approximate surface area is 149 Å². The number of anilines is 1. The number of aromatic amines is 1. The number of carbonyl (C=O) groups excluding carboxylic acids is 1. The van der Waals surface area contributed by atoms with Crippen LogP contribution in [-0.2, 0) is 4.79 Å². The first-order valence-corrected chi connectivity index (χ1v) is 8.18. The lowest BCUT2D eigenvalue weighted by atomic mass is 10.1. The maximum absolute atomic E-state index is 12.1. The molecule has 0 aliphatic heterocycles. The van der Waals surface area contributed by atoms with E-state index >= 15 is 0 Å². The van der Waals surface area contributed by atoms with E-state index in [0.29, 0.717) is 16.4 Å². The van der Waals surface area contributed by atoms with Crippen molar-refractivity contribution in [3.63, 3.8) is 0 Å². The van der Waals surface area contributed by atoms with Crippen molar-refractivity contribution in [3.8, 4) is 0 Å². The van der Waals surface area contributed by atoms with Crippen LogP contribution in [-0.4, -0.2) is 15.9 Å². The standard InChI is InChI=1S/C20H14ClN3O/c21-16-6-2-4-8-18(16)24-20(25)10-9-13-11-15-14-5-1-3-7-17(14)23-19(15)12-22-13/h1-12,23H,(H,24,25)/b10-9+. The molecule has 1 amide bonds. The summed E-state index contributed by atoms with van der Waals surface area (Å²) in [4.78, 5) is 19.8. The monoisotopic (exact) mass is 347 g/mol. The zero-order valence-electron chi connectivity index (χ0n) is 13.2. The van der Waals surface area contributed by atoms with Gasteiger partial charge in [0.2, 0.25) is 5.91 Å². The first-order valence-electron chi connectivity index (χ1n) is 7.81. The molecule has 0 aliphatic carbocycles. The van der Waals surface area contributed by atoms with Crippen molar-refractivity contribution in [2.45, 2.75) is 0 Å². The smallest absolute Gasteiger partial charge is 0.248 e. The third kappa shape index (κ3) is 3.12. The molecule has 0 aliphatic rings. The van der Waals surface area contributed by atoms with E-state index in [4.69, 9.17) is 11.6 Å². The molecule has 4 aromatic rings. The number of benzene rings is 2. The molecular formula is C20H14ClN3O. The molecule has 2 aromatic carbocycles. The number of para-hydroxylation sites is 2. The van der Waals surface area contributed by atoms with Gasteiger partial charge < -0.3 is 10.3 Å². The van der Waals surface area contributed by atoms with E-state index in [2.05, 4.69) is 21.4 Å². The van der Waals surface area contributed by atoms with Gasteiger partial charge in [-0.25, -0.2) is 0 Å². The Morgan fingerprint density at radius 1 is 1.04 bits per heavy atom. The Bertz CT molecular complexity index is 1110. The van der Waals surface area contributed by atoms with E-state index in [9.17, 15) is 4.79 Å². The summed E-state index contributed by atoms with van der Waals surface area (Å²) in [5.41, 5.74) is 3.33. The van der Waals surface area contributed by atoms with Crippen LogP contribution in [0, 0.1) is 0 Å². The Morgan fingerprint density at radius 2 is 1.84 bits per heavy atom. The molecule has 0 unspecified atom stereocenters. The molecule has 5 heteroatoms. The summed E-state index contributed by atoms with van der Waals surface area (Å²) in [6.45, 7) is 0. The van der Waals surface area contributed by atoms with Crippen LogP contribution in [0.15, 0.2) is 66.9 Å². The van der Waals surface area contributed by atoms with Gasteiger partial charge in [-0.15, -0.1) is 0 Å². The SMILES string of the molecule is O=C(/C=C/c1cc2c(cn1)[nH]c1ccccc12)Nc1ccccc1Cl. The minimum absolute atomic E-state index is 0.256. The van der Waals surface area contributed by atoms with Crippen LogP contribution in [0.5, 0.6) is 0 Å². The van der Waals surface area contributed by atoms with E-state index in [1.165, 1.54) is 6.08 Å². The molecule has 2 N–H and O–H groups in total. The van der Waals surface area contributed by atoms with Crippen molar-refractivity contribution in [3.05, 3.63) is 77.6 Å². The van der Waals surface area contributed by atoms with Crippen molar-refractivity contribution in [2.24, 2.45) is 0 Å². The number of nitrogens with zero attached hydrogens (tertiary/aromatic N) is 1. The number of hydrogen-bond acceptors (Lipinski definition) is 2. The summed E-state index contributed by atoms with van der Waals surface area (Å²) in [6, 6.07) is 17.2. The highest BCUT2D eigenvalue weighted by atomic mass is 35.5. The number of aromatic nitrogens is 2. The van der Waals surface area contributed by atoms with Gasteiger partial charge in [0.15, 0.2) is 0 Å². The number of pyridine rings is 1. The second kappa shape index (κ2) is 6.42. The van der Waals surface area contributed by atoms with Crippen LogP contribution in [0.25, 0.3) is 27.9 Å². The van der Waals surface area contributed by atoms with Gasteiger partial charge >= 0.3 is 0 Å². The molecule has 0 saturated heterocycles. The van der Waals surface area contributed by atoms with Crippen LogP contribution in [0.4, 0.5) is 5.69 Å². The molecule has 2 heterocycles. The van der Waals surface area contributed by atoms with Crippen LogP contribution >= 0.6 is 11.6 Å². The normalized spacial score (nSPS) is 11.4. The van der Waals surface area contributed by atoms with Gasteiger partial charge in [0.25, 0.3) is 0 Å². The average molecular weight is 348 g/mol. The fourth-order valence-corrected chi connectivity index (χ4v) is 2.94. The van der Waals surface area contributed by atoms with E-state index < -0.39 is 0 Å². The summed E-state index contributed by atoms with van der Waals surface area (Å²) in [7, 11) is 0. The molecule has 4 nitrogen and oxygen atoms in total. The minimum atomic E-state index is -0.256. The number of H-pyrrole nitrogens is 1. The van der Waals surface area contributed by atoms with Crippen LogP contribution in [0.3, 0.4) is 0 Å².